The second-order valence-electron chi connectivity index (χ2n) is 11.6. The number of hydrogen-bond acceptors (Lipinski definition) is 8. The molecule has 2 aliphatic rings. The summed E-state index contributed by atoms with van der Waals surface area (Å²) < 4.78 is 18.1. The highest BCUT2D eigenvalue weighted by atomic mass is 16.5. The van der Waals surface area contributed by atoms with E-state index in [2.05, 4.69) is 5.32 Å². The number of benzene rings is 4. The molecule has 0 bridgehead atoms. The lowest BCUT2D eigenvalue weighted by Crippen LogP contribution is -2.65. The summed E-state index contributed by atoms with van der Waals surface area (Å²) in [4.78, 5) is 27.8. The summed E-state index contributed by atoms with van der Waals surface area (Å²) in [6.07, 6.45) is -2.04. The molecule has 4 aromatic carbocycles. The van der Waals surface area contributed by atoms with Crippen LogP contribution >= 0.6 is 0 Å². The number of urea groups is 1. The van der Waals surface area contributed by atoms with Gasteiger partial charge in [-0.2, -0.15) is 0 Å². The summed E-state index contributed by atoms with van der Waals surface area (Å²) in [7, 11) is 3.11. The Morgan fingerprint density at radius 3 is 2.00 bits per heavy atom. The Balaban J connectivity index is 1.41. The molecule has 47 heavy (non-hydrogen) atoms. The van der Waals surface area contributed by atoms with Crippen LogP contribution in [0.2, 0.25) is 0 Å². The van der Waals surface area contributed by atoms with Gasteiger partial charge in [0.15, 0.2) is 5.66 Å². The maximum absolute atomic E-state index is 13.4. The molecule has 2 heterocycles. The summed E-state index contributed by atoms with van der Waals surface area (Å²) in [5, 5.41) is 26.8. The Labute approximate surface area is 273 Å². The number of aliphatic hydroxyl groups is 2. The zero-order chi connectivity index (χ0) is 33.2. The number of ether oxygens (including phenoxy) is 3. The monoisotopic (exact) mass is 635 g/mol. The third-order valence-electron chi connectivity index (χ3n) is 8.95. The van der Waals surface area contributed by atoms with Crippen molar-refractivity contribution in [2.45, 2.75) is 42.0 Å². The molecule has 10 nitrogen and oxygen atoms in total. The first kappa shape index (κ1) is 32.0. The van der Waals surface area contributed by atoms with Crippen molar-refractivity contribution in [2.24, 2.45) is 5.73 Å². The average molecular weight is 636 g/mol. The number of methoxy groups -OCH3 is 2. The summed E-state index contributed by atoms with van der Waals surface area (Å²) in [6, 6.07) is 31.9. The molecule has 1 fully saturated rings. The molecule has 0 spiro atoms. The molecule has 2 amide bonds. The van der Waals surface area contributed by atoms with Gasteiger partial charge in [0.1, 0.15) is 29.9 Å². The van der Waals surface area contributed by atoms with E-state index >= 15 is 0 Å². The van der Waals surface area contributed by atoms with Gasteiger partial charge in [0.2, 0.25) is 5.78 Å². The Kier molecular flexibility index (Phi) is 8.85. The van der Waals surface area contributed by atoms with Crippen molar-refractivity contribution in [3.63, 3.8) is 0 Å². The summed E-state index contributed by atoms with van der Waals surface area (Å²) in [5.41, 5.74) is 5.47. The zero-order valence-electron chi connectivity index (χ0n) is 26.0. The Morgan fingerprint density at radius 1 is 0.915 bits per heavy atom. The first-order valence-electron chi connectivity index (χ1n) is 15.3. The fourth-order valence-electron chi connectivity index (χ4n) is 6.70. The largest absolute Gasteiger partial charge is 0.496 e. The number of Topliss-reactive ketones (excluding diaryl/α,β-unsaturated/α-hetero) is 1. The van der Waals surface area contributed by atoms with Crippen LogP contribution < -0.4 is 20.5 Å². The number of carbonyl (C=O) groups is 2. The molecular formula is C37H37N3O7. The summed E-state index contributed by atoms with van der Waals surface area (Å²) in [6.45, 7) is 0. The van der Waals surface area contributed by atoms with Gasteiger partial charge < -0.3 is 29.7 Å². The van der Waals surface area contributed by atoms with E-state index in [0.29, 0.717) is 33.8 Å². The third kappa shape index (κ3) is 5.55. The second kappa shape index (κ2) is 13.0. The summed E-state index contributed by atoms with van der Waals surface area (Å²) in [5.74, 6) is 0.529. The number of rotatable bonds is 10. The maximum atomic E-state index is 13.4. The fourth-order valence-corrected chi connectivity index (χ4v) is 6.70. The average Bonchev–Trinajstić information content (AvgIpc) is 3.50. The first-order chi connectivity index (χ1) is 22.7. The number of nitrogens with one attached hydrogen (secondary N) is 1. The van der Waals surface area contributed by atoms with Crippen molar-refractivity contribution >= 4 is 11.8 Å². The van der Waals surface area contributed by atoms with Crippen LogP contribution in [0.1, 0.15) is 33.5 Å². The fraction of sp³-hybridized carbons (Fsp3) is 0.243. The molecule has 5 N–H and O–H groups in total. The van der Waals surface area contributed by atoms with Crippen LogP contribution in [0, 0.1) is 0 Å². The van der Waals surface area contributed by atoms with Gasteiger partial charge in [0.25, 0.3) is 0 Å². The number of carbonyl (C=O) groups excluding carboxylic acids is 2. The lowest BCUT2D eigenvalue weighted by atomic mass is 9.63. The zero-order valence-corrected chi connectivity index (χ0v) is 26.0. The maximum Gasteiger partial charge on any atom is 0.325 e. The molecule has 4 aromatic rings. The van der Waals surface area contributed by atoms with Crippen LogP contribution in [-0.4, -0.2) is 71.3 Å². The first-order valence-corrected chi connectivity index (χ1v) is 15.3. The van der Waals surface area contributed by atoms with Gasteiger partial charge >= 0.3 is 6.03 Å². The molecule has 242 valence electrons. The van der Waals surface area contributed by atoms with Crippen molar-refractivity contribution in [2.75, 3.05) is 14.2 Å². The Morgan fingerprint density at radius 2 is 1.45 bits per heavy atom. The standard InChI is InChI=1S/C37H37N3O7/c1-45-29-19-11-9-17-26(29)37(25-15-7-4-8-16-25,27-18-10-12-20-30(27)46-2)34(43)32-28(41)23-31(47-32)40-22-21-36(38,39-35(40)44)33(42)24-13-5-3-6-14-24/h3-22,28,31-32,34,41,43H,23,38H2,1-2H3,(H,39,44)/t28-,31+,32-,34?,36?/m0/s1. The van der Waals surface area contributed by atoms with Gasteiger partial charge in [0.05, 0.1) is 25.7 Å². The van der Waals surface area contributed by atoms with Crippen molar-refractivity contribution in [1.82, 2.24) is 10.2 Å². The van der Waals surface area contributed by atoms with Crippen LogP contribution in [-0.2, 0) is 10.2 Å². The molecule has 2 unspecified atom stereocenters. The summed E-state index contributed by atoms with van der Waals surface area (Å²) >= 11 is 0. The van der Waals surface area contributed by atoms with Crippen LogP contribution in [0.3, 0.4) is 0 Å². The predicted molar refractivity (Wildman–Crippen MR) is 175 cm³/mol. The van der Waals surface area contributed by atoms with Crippen molar-refractivity contribution in [3.8, 4) is 11.5 Å². The molecule has 0 aliphatic carbocycles. The van der Waals surface area contributed by atoms with E-state index in [1.165, 1.54) is 17.2 Å². The van der Waals surface area contributed by atoms with E-state index in [9.17, 15) is 19.8 Å². The smallest absolute Gasteiger partial charge is 0.325 e. The van der Waals surface area contributed by atoms with Crippen molar-refractivity contribution in [1.29, 1.82) is 0 Å². The quantitative estimate of drug-likeness (QED) is 0.152. The van der Waals surface area contributed by atoms with Gasteiger partial charge in [-0.15, -0.1) is 0 Å². The van der Waals surface area contributed by atoms with Crippen molar-refractivity contribution < 1.29 is 34.0 Å². The highest BCUT2D eigenvalue weighted by molar-refractivity contribution is 6.06. The van der Waals surface area contributed by atoms with E-state index in [4.69, 9.17) is 19.9 Å². The lowest BCUT2D eigenvalue weighted by Gasteiger charge is -2.43. The number of nitrogens with zero attached hydrogens (tertiary/aromatic N) is 1. The van der Waals surface area contributed by atoms with Gasteiger partial charge in [-0.25, -0.2) is 4.79 Å². The van der Waals surface area contributed by atoms with Gasteiger partial charge in [-0.3, -0.25) is 15.4 Å². The minimum absolute atomic E-state index is 0.0214. The van der Waals surface area contributed by atoms with E-state index < -0.39 is 47.4 Å². The number of nitrogens with two attached hydrogens (primary N) is 1. The van der Waals surface area contributed by atoms with E-state index in [0.717, 1.165) is 0 Å². The van der Waals surface area contributed by atoms with Crippen LogP contribution in [0.5, 0.6) is 11.5 Å². The second-order valence-corrected chi connectivity index (χ2v) is 11.6. The normalized spacial score (nSPS) is 23.2. The highest BCUT2D eigenvalue weighted by Gasteiger charge is 2.55. The molecule has 10 heteroatoms. The number of ketones is 1. The molecule has 0 aromatic heterocycles. The Bertz CT molecular complexity index is 1720. The minimum atomic E-state index is -1.78. The van der Waals surface area contributed by atoms with E-state index in [-0.39, 0.29) is 6.42 Å². The minimum Gasteiger partial charge on any atom is -0.496 e. The van der Waals surface area contributed by atoms with Gasteiger partial charge in [-0.05, 0) is 23.8 Å². The molecule has 1 saturated heterocycles. The number of para-hydroxylation sites is 2. The molecule has 5 atom stereocenters. The van der Waals surface area contributed by atoms with Gasteiger partial charge in [0, 0.05) is 29.3 Å². The molecule has 0 saturated carbocycles. The van der Waals surface area contributed by atoms with Gasteiger partial charge in [-0.1, -0.05) is 97.1 Å². The number of amides is 2. The molecular weight excluding hydrogens is 598 g/mol. The third-order valence-corrected chi connectivity index (χ3v) is 8.95. The van der Waals surface area contributed by atoms with Crippen molar-refractivity contribution in [3.05, 3.63) is 144 Å². The molecule has 6 rings (SSSR count). The number of hydrogen-bond donors (Lipinski definition) is 4. The van der Waals surface area contributed by atoms with Crippen LogP contribution in [0.15, 0.2) is 121 Å². The number of aliphatic hydroxyl groups excluding tert-OH is 2. The lowest BCUT2D eigenvalue weighted by molar-refractivity contribution is -0.102. The SMILES string of the molecule is COc1ccccc1C(c1ccccc1)(c1ccccc1OC)C(O)[C@H]1O[C@@H](N2C=CC(N)(C(=O)c3ccccc3)NC2=O)C[C@@H]1O. The van der Waals surface area contributed by atoms with Crippen LogP contribution in [0.4, 0.5) is 4.79 Å². The topological polar surface area (TPSA) is 144 Å². The highest BCUT2D eigenvalue weighted by Crippen LogP contribution is 2.51. The molecule has 0 radical (unpaired) electrons. The van der Waals surface area contributed by atoms with E-state index in [1.807, 2.05) is 78.9 Å². The Hall–Kier alpha value is -5.00. The van der Waals surface area contributed by atoms with E-state index in [1.54, 1.807) is 44.6 Å². The van der Waals surface area contributed by atoms with Crippen LogP contribution in [0.25, 0.3) is 0 Å². The predicted octanol–water partition coefficient (Wildman–Crippen LogP) is 3.95. The molecule has 2 aliphatic heterocycles.